The van der Waals surface area contributed by atoms with E-state index in [2.05, 4.69) is 37.3 Å². The number of hydrogen-bond acceptors (Lipinski definition) is 7. The Morgan fingerprint density at radius 1 is 0.587 bits per heavy atom. The highest BCUT2D eigenvalue weighted by Crippen LogP contribution is 2.49. The third-order valence-corrected chi connectivity index (χ3v) is 11.1. The van der Waals surface area contributed by atoms with Gasteiger partial charge in [0.1, 0.15) is 0 Å². The molecule has 0 bridgehead atoms. The predicted octanol–water partition coefficient (Wildman–Crippen LogP) is 5.85. The van der Waals surface area contributed by atoms with Crippen molar-refractivity contribution in [3.8, 4) is 18.2 Å². The topological polar surface area (TPSA) is 108 Å². The minimum absolute atomic E-state index is 0.242. The maximum Gasteiger partial charge on any atom is 0.496 e. The van der Waals surface area contributed by atoms with Gasteiger partial charge in [-0.2, -0.15) is 15.8 Å². The molecule has 2 fully saturated rings. The first-order valence-corrected chi connectivity index (χ1v) is 15.8. The lowest BCUT2D eigenvalue weighted by atomic mass is 9.63. The first-order chi connectivity index (χ1) is 21.5. The van der Waals surface area contributed by atoms with Crippen LogP contribution in [0.1, 0.15) is 124 Å². The maximum atomic E-state index is 10.7. The molecule has 3 aromatic carbocycles. The molecule has 46 heavy (non-hydrogen) atoms. The summed E-state index contributed by atoms with van der Waals surface area (Å²) in [4.78, 5) is 0. The van der Waals surface area contributed by atoms with Crippen molar-refractivity contribution >= 4 is 25.2 Å². The van der Waals surface area contributed by atoms with Crippen LogP contribution in [0, 0.1) is 40.9 Å². The van der Waals surface area contributed by atoms with Crippen LogP contribution in [0.2, 0.25) is 0 Å². The van der Waals surface area contributed by atoms with Crippen LogP contribution in [0.5, 0.6) is 0 Å². The number of fused-ring (bicyclic) bond motifs is 2. The second kappa shape index (κ2) is 10.6. The quantitative estimate of drug-likeness (QED) is 0.342. The highest BCUT2D eigenvalue weighted by molar-refractivity contribution is 6.63. The summed E-state index contributed by atoms with van der Waals surface area (Å²) in [5.74, 6) is -0.567. The van der Waals surface area contributed by atoms with Crippen LogP contribution >= 0.6 is 0 Å². The van der Waals surface area contributed by atoms with Gasteiger partial charge in [-0.15, -0.1) is 0 Å². The van der Waals surface area contributed by atoms with E-state index in [1.807, 2.05) is 92.6 Å². The molecule has 0 spiro atoms. The van der Waals surface area contributed by atoms with Crippen molar-refractivity contribution in [1.29, 1.82) is 15.8 Å². The summed E-state index contributed by atoms with van der Waals surface area (Å²) in [6, 6.07) is 21.1. The number of hydrogen-bond donors (Lipinski definition) is 0. The monoisotopic (exact) mass is 611 g/mol. The van der Waals surface area contributed by atoms with Crippen LogP contribution in [0.3, 0.4) is 0 Å². The van der Waals surface area contributed by atoms with E-state index in [1.165, 1.54) is 0 Å². The van der Waals surface area contributed by atoms with E-state index in [1.54, 1.807) is 0 Å². The Balaban J connectivity index is 1.57. The molecule has 6 rings (SSSR count). The lowest BCUT2D eigenvalue weighted by molar-refractivity contribution is 0.00578. The van der Waals surface area contributed by atoms with E-state index < -0.39 is 36.6 Å². The molecule has 232 valence electrons. The van der Waals surface area contributed by atoms with Crippen LogP contribution in [0.4, 0.5) is 0 Å². The molecule has 0 N–H and O–H groups in total. The molecule has 2 atom stereocenters. The first kappa shape index (κ1) is 32.1. The van der Waals surface area contributed by atoms with Gasteiger partial charge >= 0.3 is 14.2 Å². The summed E-state index contributed by atoms with van der Waals surface area (Å²) in [5.41, 5.74) is 6.10. The number of rotatable bonds is 3. The average Bonchev–Trinajstić information content (AvgIpc) is 3.35. The van der Waals surface area contributed by atoms with E-state index in [0.29, 0.717) is 27.6 Å². The molecule has 0 aromatic heterocycles. The standard InChI is InChI=1S/C37H39B2N3O4/c1-21-24(14-16-29(27(21)19-41)38-43-34(3,4)35(5,6)44-38)33-25-13-11-12-23(18-40)31(25)22(2)32-26(33)15-17-30(28(32)20-42)39-45-36(7,8)37(9,10)46-39/h11-17,22,33H,1-10H3. The van der Waals surface area contributed by atoms with Crippen molar-refractivity contribution in [2.75, 3.05) is 0 Å². The highest BCUT2D eigenvalue weighted by atomic mass is 16.7. The van der Waals surface area contributed by atoms with E-state index in [-0.39, 0.29) is 11.8 Å². The summed E-state index contributed by atoms with van der Waals surface area (Å²) in [7, 11) is -1.40. The Morgan fingerprint density at radius 2 is 1.04 bits per heavy atom. The Hall–Kier alpha value is -3.90. The van der Waals surface area contributed by atoms with Gasteiger partial charge in [-0.25, -0.2) is 0 Å². The third kappa shape index (κ3) is 4.55. The SMILES string of the molecule is Cc1c(C2c3cccc(C#N)c3C(C)c3c2ccc(B2OC(C)(C)C(C)(C)O2)c3C#N)ccc(B2OC(C)(C)C(C)(C)O2)c1C#N. The van der Waals surface area contributed by atoms with Crippen LogP contribution < -0.4 is 10.9 Å². The molecule has 1 aliphatic carbocycles. The van der Waals surface area contributed by atoms with Crippen LogP contribution in [-0.2, 0) is 18.6 Å². The smallest absolute Gasteiger partial charge is 0.399 e. The van der Waals surface area contributed by atoms with Gasteiger partial charge in [-0.1, -0.05) is 43.3 Å². The fraction of sp³-hybridized carbons (Fsp3) is 0.432. The number of nitrogens with zero attached hydrogens (tertiary/aromatic N) is 3. The molecule has 7 nitrogen and oxygen atoms in total. The highest BCUT2D eigenvalue weighted by Gasteiger charge is 2.54. The van der Waals surface area contributed by atoms with Gasteiger partial charge in [0.05, 0.1) is 57.3 Å². The van der Waals surface area contributed by atoms with Gasteiger partial charge in [0.2, 0.25) is 0 Å². The van der Waals surface area contributed by atoms with Crippen LogP contribution in [0.15, 0.2) is 42.5 Å². The van der Waals surface area contributed by atoms with Crippen molar-refractivity contribution in [1.82, 2.24) is 0 Å². The Kier molecular flexibility index (Phi) is 7.36. The minimum Gasteiger partial charge on any atom is -0.399 e. The summed E-state index contributed by atoms with van der Waals surface area (Å²) in [6.45, 7) is 20.0. The molecule has 3 aromatic rings. The van der Waals surface area contributed by atoms with Crippen molar-refractivity contribution in [2.45, 2.75) is 103 Å². The van der Waals surface area contributed by atoms with Gasteiger partial charge in [-0.05, 0) is 102 Å². The summed E-state index contributed by atoms with van der Waals surface area (Å²) < 4.78 is 25.5. The third-order valence-electron chi connectivity index (χ3n) is 11.1. The molecule has 3 aliphatic rings. The molecule has 0 radical (unpaired) electrons. The van der Waals surface area contributed by atoms with Gasteiger partial charge in [-0.3, -0.25) is 0 Å². The molecule has 2 unspecified atom stereocenters. The van der Waals surface area contributed by atoms with Crippen molar-refractivity contribution in [3.63, 3.8) is 0 Å². The number of benzene rings is 3. The van der Waals surface area contributed by atoms with E-state index in [4.69, 9.17) is 18.6 Å². The zero-order chi connectivity index (χ0) is 33.6. The van der Waals surface area contributed by atoms with Gasteiger partial charge in [0.15, 0.2) is 0 Å². The predicted molar refractivity (Wildman–Crippen MR) is 178 cm³/mol. The molecule has 0 saturated carbocycles. The average molecular weight is 611 g/mol. The molecular formula is C37H39B2N3O4. The van der Waals surface area contributed by atoms with Crippen molar-refractivity contribution in [2.24, 2.45) is 0 Å². The second-order valence-corrected chi connectivity index (χ2v) is 14.8. The van der Waals surface area contributed by atoms with Gasteiger partial charge in [0, 0.05) is 22.8 Å². The van der Waals surface area contributed by atoms with Gasteiger partial charge in [0.25, 0.3) is 0 Å². The molecular weight excluding hydrogens is 572 g/mol. The molecule has 2 saturated heterocycles. The molecule has 2 heterocycles. The van der Waals surface area contributed by atoms with E-state index in [9.17, 15) is 15.8 Å². The second-order valence-electron chi connectivity index (χ2n) is 14.8. The lowest BCUT2D eigenvalue weighted by Gasteiger charge is -2.36. The Labute approximate surface area is 273 Å². The molecule has 0 amide bonds. The lowest BCUT2D eigenvalue weighted by Crippen LogP contribution is -2.41. The zero-order valence-corrected chi connectivity index (χ0v) is 28.3. The fourth-order valence-electron chi connectivity index (χ4n) is 7.10. The maximum absolute atomic E-state index is 10.7. The Bertz CT molecular complexity index is 1880. The summed E-state index contributed by atoms with van der Waals surface area (Å²) >= 11 is 0. The summed E-state index contributed by atoms with van der Waals surface area (Å²) in [6.07, 6.45) is 0. The van der Waals surface area contributed by atoms with Crippen LogP contribution in [-0.4, -0.2) is 36.6 Å². The van der Waals surface area contributed by atoms with Crippen molar-refractivity contribution in [3.05, 3.63) is 92.5 Å². The van der Waals surface area contributed by atoms with Crippen molar-refractivity contribution < 1.29 is 18.6 Å². The van der Waals surface area contributed by atoms with Crippen LogP contribution in [0.25, 0.3) is 0 Å². The Morgan fingerprint density at radius 3 is 1.52 bits per heavy atom. The normalized spacial score (nSPS) is 23.2. The first-order valence-electron chi connectivity index (χ1n) is 15.8. The zero-order valence-electron chi connectivity index (χ0n) is 28.3. The largest absolute Gasteiger partial charge is 0.496 e. The molecule has 2 aliphatic heterocycles. The summed E-state index contributed by atoms with van der Waals surface area (Å²) in [5, 5.41) is 31.5. The van der Waals surface area contributed by atoms with E-state index >= 15 is 0 Å². The minimum atomic E-state index is -0.714. The number of nitriles is 3. The van der Waals surface area contributed by atoms with Gasteiger partial charge < -0.3 is 18.6 Å². The fourth-order valence-corrected chi connectivity index (χ4v) is 7.10. The molecule has 9 heteroatoms. The van der Waals surface area contributed by atoms with E-state index in [0.717, 1.165) is 33.4 Å².